The van der Waals surface area contributed by atoms with Crippen LogP contribution in [0, 0.1) is 6.92 Å². The smallest absolute Gasteiger partial charge is 0.241 e. The first kappa shape index (κ1) is 19.8. The molecule has 31 heavy (non-hydrogen) atoms. The molecule has 7 nitrogen and oxygen atoms in total. The highest BCUT2D eigenvalue weighted by Gasteiger charge is 2.45. The molecule has 0 spiro atoms. The van der Waals surface area contributed by atoms with Crippen LogP contribution in [0.15, 0.2) is 53.9 Å². The number of amides is 1. The maximum absolute atomic E-state index is 13.4. The second kappa shape index (κ2) is 6.68. The Kier molecular flexibility index (Phi) is 4.27. The van der Waals surface area contributed by atoms with Crippen LogP contribution in [0.3, 0.4) is 0 Å². The Balaban J connectivity index is 1.64. The van der Waals surface area contributed by atoms with Crippen molar-refractivity contribution in [1.29, 1.82) is 0 Å². The molecule has 0 saturated heterocycles. The van der Waals surface area contributed by atoms with Crippen molar-refractivity contribution in [3.05, 3.63) is 60.4 Å². The summed E-state index contributed by atoms with van der Waals surface area (Å²) in [6.45, 7) is 5.58. The van der Waals surface area contributed by atoms with Crippen molar-refractivity contribution in [2.75, 3.05) is 4.90 Å². The second-order valence-electron chi connectivity index (χ2n) is 8.64. The highest BCUT2D eigenvalue weighted by Crippen LogP contribution is 2.47. The van der Waals surface area contributed by atoms with Gasteiger partial charge in [-0.3, -0.25) is 14.7 Å². The van der Waals surface area contributed by atoms with Gasteiger partial charge in [-0.05, 0) is 56.9 Å². The molecule has 8 heteroatoms. The molecule has 3 heterocycles. The van der Waals surface area contributed by atoms with Crippen molar-refractivity contribution >= 4 is 27.1 Å². The Morgan fingerprint density at radius 1 is 1.00 bits per heavy atom. The zero-order chi connectivity index (χ0) is 22.0. The van der Waals surface area contributed by atoms with E-state index in [4.69, 9.17) is 0 Å². The normalized spacial score (nSPS) is 17.6. The lowest BCUT2D eigenvalue weighted by Gasteiger charge is -2.21. The topological polar surface area (TPSA) is 93.1 Å². The molecule has 1 aliphatic heterocycles. The number of carbonyl (C=O) groups is 1. The third-order valence-electron chi connectivity index (χ3n) is 6.01. The van der Waals surface area contributed by atoms with Crippen molar-refractivity contribution in [2.45, 2.75) is 49.2 Å². The van der Waals surface area contributed by atoms with Crippen LogP contribution < -0.4 is 4.90 Å². The first-order valence-electron chi connectivity index (χ1n) is 10.2. The quantitative estimate of drug-likeness (QED) is 0.621. The molecule has 1 saturated carbocycles. The van der Waals surface area contributed by atoms with Crippen molar-refractivity contribution in [3.63, 3.8) is 0 Å². The lowest BCUT2D eigenvalue weighted by Crippen LogP contribution is -2.33. The van der Waals surface area contributed by atoms with Gasteiger partial charge in [0.05, 0.1) is 33.1 Å². The molecular formula is C23H22N4O3S. The molecule has 0 unspecified atom stereocenters. The zero-order valence-corrected chi connectivity index (χ0v) is 18.3. The monoisotopic (exact) mass is 434 g/mol. The molecule has 5 rings (SSSR count). The number of sulfone groups is 1. The minimum absolute atomic E-state index is 0.123. The summed E-state index contributed by atoms with van der Waals surface area (Å²) in [5.74, 6) is 0.560. The molecule has 0 N–H and O–H groups in total. The average molecular weight is 435 g/mol. The predicted molar refractivity (Wildman–Crippen MR) is 117 cm³/mol. The summed E-state index contributed by atoms with van der Waals surface area (Å²) in [7, 11) is -3.41. The van der Waals surface area contributed by atoms with Crippen molar-refractivity contribution in [1.82, 2.24) is 15.0 Å². The van der Waals surface area contributed by atoms with Crippen LogP contribution in [0.1, 0.15) is 38.1 Å². The number of pyridine rings is 1. The lowest BCUT2D eigenvalue weighted by molar-refractivity contribution is -0.121. The van der Waals surface area contributed by atoms with Crippen molar-refractivity contribution in [2.24, 2.45) is 0 Å². The molecule has 0 radical (unpaired) electrons. The third kappa shape index (κ3) is 3.13. The van der Waals surface area contributed by atoms with Gasteiger partial charge >= 0.3 is 0 Å². The van der Waals surface area contributed by atoms with Crippen LogP contribution >= 0.6 is 0 Å². The van der Waals surface area contributed by atoms with E-state index in [1.54, 1.807) is 23.4 Å². The molecule has 2 aromatic heterocycles. The molecule has 0 atom stereocenters. The SMILES string of the molecule is Cc1ncc(-c2ccc3c(c2)N(c2cncc(S(=O)(=O)C4CC4)c2)C(=O)C3(C)C)cn1. The number of rotatable bonds is 4. The number of anilines is 2. The van der Waals surface area contributed by atoms with Gasteiger partial charge in [-0.15, -0.1) is 0 Å². The van der Waals surface area contributed by atoms with E-state index in [9.17, 15) is 13.2 Å². The van der Waals surface area contributed by atoms with E-state index in [0.717, 1.165) is 22.4 Å². The summed E-state index contributed by atoms with van der Waals surface area (Å²) >= 11 is 0. The second-order valence-corrected chi connectivity index (χ2v) is 10.9. The van der Waals surface area contributed by atoms with Crippen molar-refractivity contribution in [3.8, 4) is 11.1 Å². The fraction of sp³-hybridized carbons (Fsp3) is 0.304. The van der Waals surface area contributed by atoms with Gasteiger partial charge < -0.3 is 0 Å². The van der Waals surface area contributed by atoms with Crippen molar-refractivity contribution < 1.29 is 13.2 Å². The summed E-state index contributed by atoms with van der Waals surface area (Å²) in [4.78, 5) is 27.8. The van der Waals surface area contributed by atoms with E-state index in [-0.39, 0.29) is 16.1 Å². The van der Waals surface area contributed by atoms with E-state index in [1.165, 1.54) is 12.4 Å². The lowest BCUT2D eigenvalue weighted by atomic mass is 9.85. The first-order valence-corrected chi connectivity index (χ1v) is 11.7. The van der Waals surface area contributed by atoms with E-state index in [0.29, 0.717) is 24.4 Å². The molecule has 0 bridgehead atoms. The van der Waals surface area contributed by atoms with Gasteiger partial charge in [-0.2, -0.15) is 0 Å². The standard InChI is InChI=1S/C23H22N4O3S/c1-14-25-10-16(11-26-14)15-4-7-20-21(8-15)27(22(28)23(20,2)3)17-9-19(13-24-12-17)31(29,30)18-5-6-18/h4,7-13,18H,5-6H2,1-3H3. The fourth-order valence-electron chi connectivity index (χ4n) is 3.98. The highest BCUT2D eigenvalue weighted by molar-refractivity contribution is 7.92. The van der Waals surface area contributed by atoms with Gasteiger partial charge in [0.15, 0.2) is 9.84 Å². The molecule has 1 amide bonds. The van der Waals surface area contributed by atoms with E-state index in [2.05, 4.69) is 15.0 Å². The van der Waals surface area contributed by atoms with Gasteiger partial charge in [0.2, 0.25) is 5.91 Å². The summed E-state index contributed by atoms with van der Waals surface area (Å²) in [5, 5.41) is -0.337. The molecule has 2 aliphatic rings. The van der Waals surface area contributed by atoms with Crippen LogP contribution in [0.25, 0.3) is 11.1 Å². The molecule has 1 aromatic carbocycles. The number of aromatic nitrogens is 3. The Morgan fingerprint density at radius 3 is 2.39 bits per heavy atom. The molecular weight excluding hydrogens is 412 g/mol. The molecule has 1 aliphatic carbocycles. The number of aryl methyl sites for hydroxylation is 1. The van der Waals surface area contributed by atoms with E-state index < -0.39 is 15.3 Å². The summed E-state index contributed by atoms with van der Waals surface area (Å²) < 4.78 is 25.5. The number of hydrogen-bond acceptors (Lipinski definition) is 6. The number of benzene rings is 1. The van der Waals surface area contributed by atoms with Crippen LogP contribution in [0.2, 0.25) is 0 Å². The number of nitrogens with zero attached hydrogens (tertiary/aromatic N) is 4. The number of carbonyl (C=O) groups excluding carboxylic acids is 1. The molecule has 158 valence electrons. The van der Waals surface area contributed by atoms with Crippen LogP contribution in [-0.2, 0) is 20.0 Å². The van der Waals surface area contributed by atoms with Crippen LogP contribution in [-0.4, -0.2) is 34.5 Å². The summed E-state index contributed by atoms with van der Waals surface area (Å²) in [5.41, 5.74) is 3.03. The Morgan fingerprint density at radius 2 is 1.71 bits per heavy atom. The predicted octanol–water partition coefficient (Wildman–Crippen LogP) is 3.74. The Bertz CT molecular complexity index is 1310. The van der Waals surface area contributed by atoms with Gasteiger partial charge in [0, 0.05) is 24.2 Å². The highest BCUT2D eigenvalue weighted by atomic mass is 32.2. The van der Waals surface area contributed by atoms with Gasteiger partial charge in [-0.25, -0.2) is 18.4 Å². The minimum Gasteiger partial charge on any atom is -0.278 e. The maximum atomic E-state index is 13.4. The van der Waals surface area contributed by atoms with E-state index >= 15 is 0 Å². The largest absolute Gasteiger partial charge is 0.278 e. The maximum Gasteiger partial charge on any atom is 0.241 e. The fourth-order valence-corrected chi connectivity index (χ4v) is 5.62. The summed E-state index contributed by atoms with van der Waals surface area (Å²) in [6.07, 6.45) is 7.75. The molecule has 1 fully saturated rings. The average Bonchev–Trinajstić information content (AvgIpc) is 3.58. The van der Waals surface area contributed by atoms with Crippen LogP contribution in [0.4, 0.5) is 11.4 Å². The van der Waals surface area contributed by atoms with Crippen LogP contribution in [0.5, 0.6) is 0 Å². The Hall–Kier alpha value is -3.13. The van der Waals surface area contributed by atoms with E-state index in [1.807, 2.05) is 39.0 Å². The number of hydrogen-bond donors (Lipinski definition) is 0. The van der Waals surface area contributed by atoms with Gasteiger partial charge in [-0.1, -0.05) is 12.1 Å². The summed E-state index contributed by atoms with van der Waals surface area (Å²) in [6, 6.07) is 7.39. The third-order valence-corrected chi connectivity index (χ3v) is 8.24. The zero-order valence-electron chi connectivity index (χ0n) is 17.5. The van der Waals surface area contributed by atoms with Gasteiger partial charge in [0.1, 0.15) is 5.82 Å². The minimum atomic E-state index is -3.41. The van der Waals surface area contributed by atoms with Gasteiger partial charge in [0.25, 0.3) is 0 Å². The molecule has 3 aromatic rings. The first-order chi connectivity index (χ1) is 14.7. The Labute approximate surface area is 181 Å². The number of fused-ring (bicyclic) bond motifs is 1.